The third kappa shape index (κ3) is 3.50. The van der Waals surface area contributed by atoms with Crippen LogP contribution in [0.2, 0.25) is 0 Å². The second-order valence-corrected chi connectivity index (χ2v) is 10.0. The molecule has 136 valence electrons. The Balaban J connectivity index is 1.80. The Bertz CT molecular complexity index is 1080. The van der Waals surface area contributed by atoms with E-state index in [1.54, 1.807) is 4.40 Å². The number of rotatable bonds is 3. The van der Waals surface area contributed by atoms with Gasteiger partial charge in [-0.3, -0.25) is 0 Å². The summed E-state index contributed by atoms with van der Waals surface area (Å²) in [6, 6.07) is 15.6. The maximum atomic E-state index is 13.1. The molecule has 1 aliphatic rings. The van der Waals surface area contributed by atoms with Gasteiger partial charge in [-0.1, -0.05) is 32.0 Å². The van der Waals surface area contributed by atoms with Crippen molar-refractivity contribution < 1.29 is 4.57 Å². The van der Waals surface area contributed by atoms with E-state index in [9.17, 15) is 4.79 Å². The predicted octanol–water partition coefficient (Wildman–Crippen LogP) is 3.76. The third-order valence-corrected chi connectivity index (χ3v) is 8.44. The zero-order chi connectivity index (χ0) is 19.0. The summed E-state index contributed by atoms with van der Waals surface area (Å²) >= 11 is 3.74. The molecule has 0 saturated carbocycles. The lowest BCUT2D eigenvalue weighted by Crippen LogP contribution is -2.41. The van der Waals surface area contributed by atoms with Crippen LogP contribution >= 0.6 is 23.5 Å². The molecule has 4 rings (SSSR count). The lowest BCUT2D eigenvalue weighted by molar-refractivity contribution is -0.666. The van der Waals surface area contributed by atoms with Crippen LogP contribution in [0.25, 0.3) is 5.65 Å². The van der Waals surface area contributed by atoms with E-state index in [2.05, 4.69) is 24.5 Å². The van der Waals surface area contributed by atoms with Crippen molar-refractivity contribution in [3.05, 3.63) is 81.9 Å². The van der Waals surface area contributed by atoms with Crippen LogP contribution in [0, 0.1) is 11.3 Å². The summed E-state index contributed by atoms with van der Waals surface area (Å²) < 4.78 is 4.03. The fraction of sp³-hybridized carbons (Fsp3) is 0.286. The molecule has 4 nitrogen and oxygen atoms in total. The molecule has 1 aromatic carbocycles. The molecule has 6 heteroatoms. The maximum absolute atomic E-state index is 13.1. The molecule has 0 amide bonds. The second kappa shape index (κ2) is 7.41. The van der Waals surface area contributed by atoms with Crippen LogP contribution in [0.1, 0.15) is 35.1 Å². The third-order valence-electron chi connectivity index (χ3n) is 4.92. The Morgan fingerprint density at radius 3 is 2.48 bits per heavy atom. The molecular weight excluding hydrogens is 374 g/mol. The maximum Gasteiger partial charge on any atom is 0.347 e. The highest BCUT2D eigenvalue weighted by Gasteiger charge is 2.34. The summed E-state index contributed by atoms with van der Waals surface area (Å²) in [7, 11) is 0. The topological polar surface area (TPSA) is 49.1 Å². The second-order valence-electron chi connectivity index (χ2n) is 6.77. The summed E-state index contributed by atoms with van der Waals surface area (Å²) in [5.74, 6) is 0. The van der Waals surface area contributed by atoms with Gasteiger partial charge in [-0.05, 0) is 23.8 Å². The highest BCUT2D eigenvalue weighted by Crippen LogP contribution is 2.52. The highest BCUT2D eigenvalue weighted by molar-refractivity contribution is 8.20. The van der Waals surface area contributed by atoms with E-state index in [0.717, 1.165) is 16.8 Å². The number of aromatic nitrogens is 2. The fourth-order valence-electron chi connectivity index (χ4n) is 3.23. The number of hydrogen-bond donors (Lipinski definition) is 0. The first kappa shape index (κ1) is 18.1. The van der Waals surface area contributed by atoms with Crippen LogP contribution in [-0.2, 0) is 6.54 Å². The summed E-state index contributed by atoms with van der Waals surface area (Å²) in [6.45, 7) is 5.11. The van der Waals surface area contributed by atoms with E-state index < -0.39 is 0 Å². The predicted molar refractivity (Wildman–Crippen MR) is 111 cm³/mol. The standard InChI is InChI=1S/C21H20N3OS2/c1-14-15(2)27-21(26-14)18-13-23(12-17-8-6-16(11-22)7-9-17)19-5-3-4-10-24(19)20(18)25/h3-10,13-15,21H,12H2,1-2H3/q+1. The first-order valence-corrected chi connectivity index (χ1v) is 10.8. The van der Waals surface area contributed by atoms with E-state index in [1.165, 1.54) is 0 Å². The van der Waals surface area contributed by atoms with Crippen molar-refractivity contribution in [2.75, 3.05) is 0 Å². The zero-order valence-corrected chi connectivity index (χ0v) is 16.8. The average Bonchev–Trinajstić information content (AvgIpc) is 3.03. The molecule has 3 aromatic rings. The number of pyridine rings is 1. The molecule has 0 spiro atoms. The minimum atomic E-state index is 0.0629. The van der Waals surface area contributed by atoms with E-state index in [-0.39, 0.29) is 10.1 Å². The minimum Gasteiger partial charge on any atom is -0.240 e. The van der Waals surface area contributed by atoms with Crippen LogP contribution in [0.5, 0.6) is 0 Å². The van der Waals surface area contributed by atoms with Crippen LogP contribution in [0.4, 0.5) is 0 Å². The van der Waals surface area contributed by atoms with Crippen LogP contribution < -0.4 is 10.1 Å². The van der Waals surface area contributed by atoms with Crippen molar-refractivity contribution in [2.24, 2.45) is 0 Å². The van der Waals surface area contributed by atoms with Gasteiger partial charge < -0.3 is 0 Å². The normalized spacial score (nSPS) is 22.0. The first-order chi connectivity index (χ1) is 13.1. The average molecular weight is 395 g/mol. The van der Waals surface area contributed by atoms with Crippen LogP contribution in [0.15, 0.2) is 59.7 Å². The molecule has 1 saturated heterocycles. The van der Waals surface area contributed by atoms with Crippen molar-refractivity contribution in [2.45, 2.75) is 35.5 Å². The number of benzene rings is 1. The lowest BCUT2D eigenvalue weighted by Gasteiger charge is -2.10. The number of nitriles is 1. The largest absolute Gasteiger partial charge is 0.347 e. The quantitative estimate of drug-likeness (QED) is 0.635. The van der Waals surface area contributed by atoms with Crippen molar-refractivity contribution in [3.63, 3.8) is 0 Å². The number of thioether (sulfide) groups is 2. The molecule has 1 fully saturated rings. The molecule has 3 heterocycles. The zero-order valence-electron chi connectivity index (χ0n) is 15.2. The Kier molecular flexibility index (Phi) is 4.98. The summed E-state index contributed by atoms with van der Waals surface area (Å²) in [4.78, 5) is 13.1. The van der Waals surface area contributed by atoms with Crippen LogP contribution in [-0.4, -0.2) is 14.9 Å². The molecule has 0 bridgehead atoms. The summed E-state index contributed by atoms with van der Waals surface area (Å²) in [5.41, 5.74) is 3.53. The van der Waals surface area contributed by atoms with Gasteiger partial charge in [0.25, 0.3) is 5.65 Å². The molecule has 27 heavy (non-hydrogen) atoms. The molecule has 2 unspecified atom stereocenters. The molecule has 0 aliphatic carbocycles. The van der Waals surface area contributed by atoms with Gasteiger partial charge in [0.2, 0.25) is 0 Å². The van der Waals surface area contributed by atoms with Gasteiger partial charge in [0.05, 0.1) is 22.4 Å². The fourth-order valence-corrected chi connectivity index (χ4v) is 6.76. The molecule has 2 aromatic heterocycles. The lowest BCUT2D eigenvalue weighted by atomic mass is 10.1. The van der Waals surface area contributed by atoms with Crippen molar-refractivity contribution >= 4 is 29.2 Å². The van der Waals surface area contributed by atoms with Crippen molar-refractivity contribution in [1.82, 2.24) is 4.40 Å². The number of nitrogens with zero attached hydrogens (tertiary/aromatic N) is 3. The molecule has 1 aliphatic heterocycles. The molecular formula is C21H20N3OS2+. The Morgan fingerprint density at radius 2 is 1.81 bits per heavy atom. The Morgan fingerprint density at radius 1 is 1.11 bits per heavy atom. The summed E-state index contributed by atoms with van der Waals surface area (Å²) in [5, 5.41) is 10.1. The summed E-state index contributed by atoms with van der Waals surface area (Å²) in [6.07, 6.45) is 3.86. The van der Waals surface area contributed by atoms with Gasteiger partial charge in [0, 0.05) is 16.6 Å². The van der Waals surface area contributed by atoms with Crippen molar-refractivity contribution in [1.29, 1.82) is 5.26 Å². The Hall–Kier alpha value is -2.23. The van der Waals surface area contributed by atoms with Crippen molar-refractivity contribution in [3.8, 4) is 6.07 Å². The first-order valence-electron chi connectivity index (χ1n) is 8.90. The molecule has 0 radical (unpaired) electrons. The van der Waals surface area contributed by atoms with E-state index in [4.69, 9.17) is 5.26 Å². The van der Waals surface area contributed by atoms with Gasteiger partial charge in [0.1, 0.15) is 18.3 Å². The van der Waals surface area contributed by atoms with E-state index in [0.29, 0.717) is 22.6 Å². The van der Waals surface area contributed by atoms with Gasteiger partial charge in [-0.15, -0.1) is 23.5 Å². The minimum absolute atomic E-state index is 0.0629. The number of hydrogen-bond acceptors (Lipinski definition) is 4. The smallest absolute Gasteiger partial charge is 0.240 e. The van der Waals surface area contributed by atoms with Crippen LogP contribution in [0.3, 0.4) is 0 Å². The Labute approximate surface area is 166 Å². The highest BCUT2D eigenvalue weighted by atomic mass is 32.2. The number of fused-ring (bicyclic) bond motifs is 1. The van der Waals surface area contributed by atoms with E-state index in [1.807, 2.05) is 78.4 Å². The van der Waals surface area contributed by atoms with Gasteiger partial charge >= 0.3 is 5.56 Å². The van der Waals surface area contributed by atoms with E-state index >= 15 is 0 Å². The molecule has 0 N–H and O–H groups in total. The monoisotopic (exact) mass is 394 g/mol. The SMILES string of the molecule is CC1SC(c2c[n+](Cc3ccc(C#N)cc3)c3ccccn3c2=O)SC1C. The van der Waals surface area contributed by atoms with Gasteiger partial charge in [-0.2, -0.15) is 9.66 Å². The van der Waals surface area contributed by atoms with Gasteiger partial charge in [0.15, 0.2) is 0 Å². The molecule has 2 atom stereocenters. The van der Waals surface area contributed by atoms with Gasteiger partial charge in [-0.25, -0.2) is 9.36 Å².